The fraction of sp³-hybridized carbons (Fsp3) is 0.667. The van der Waals surface area contributed by atoms with Gasteiger partial charge in [-0.25, -0.2) is 4.79 Å². The maximum atomic E-state index is 11.4. The molecule has 7 heteroatoms. The fourth-order valence-electron chi connectivity index (χ4n) is 1.44. The summed E-state index contributed by atoms with van der Waals surface area (Å²) in [5.41, 5.74) is 5.70. The molecular formula is C12H22N4O3. The number of aryl methyl sites for hydroxylation is 1. The first-order chi connectivity index (χ1) is 8.81. The highest BCUT2D eigenvalue weighted by Gasteiger charge is 2.15. The van der Waals surface area contributed by atoms with Gasteiger partial charge in [-0.05, 0) is 27.2 Å². The van der Waals surface area contributed by atoms with Gasteiger partial charge in [-0.2, -0.15) is 0 Å². The number of rotatable bonds is 5. The van der Waals surface area contributed by atoms with Crippen molar-refractivity contribution in [1.29, 1.82) is 0 Å². The zero-order valence-corrected chi connectivity index (χ0v) is 11.9. The molecule has 0 saturated carbocycles. The number of hydrogen-bond donors (Lipinski definition) is 2. The normalized spacial score (nSPS) is 11.2. The van der Waals surface area contributed by atoms with Crippen molar-refractivity contribution < 1.29 is 14.3 Å². The van der Waals surface area contributed by atoms with Crippen molar-refractivity contribution >= 4 is 11.8 Å². The Balaban J connectivity index is 2.25. The molecule has 7 nitrogen and oxygen atoms in total. The molecule has 1 aromatic heterocycles. The lowest BCUT2D eigenvalue weighted by Gasteiger charge is -2.19. The van der Waals surface area contributed by atoms with E-state index in [0.29, 0.717) is 24.7 Å². The van der Waals surface area contributed by atoms with Crippen LogP contribution in [0.15, 0.2) is 6.20 Å². The number of nitrogens with one attached hydrogen (secondary N) is 1. The third-order valence-electron chi connectivity index (χ3n) is 2.18. The Labute approximate surface area is 113 Å². The maximum absolute atomic E-state index is 11.4. The fourth-order valence-corrected chi connectivity index (χ4v) is 1.44. The quantitative estimate of drug-likeness (QED) is 0.789. The van der Waals surface area contributed by atoms with Gasteiger partial charge in [0.25, 0.3) is 5.88 Å². The van der Waals surface area contributed by atoms with Gasteiger partial charge in [-0.1, -0.05) is 0 Å². The largest absolute Gasteiger partial charge is 0.478 e. The van der Waals surface area contributed by atoms with Crippen molar-refractivity contribution in [2.75, 3.05) is 19.4 Å². The topological polar surface area (TPSA) is 91.4 Å². The van der Waals surface area contributed by atoms with Crippen LogP contribution in [0.25, 0.3) is 0 Å². The average Bonchev–Trinajstić information content (AvgIpc) is 2.63. The van der Waals surface area contributed by atoms with E-state index < -0.39 is 11.7 Å². The molecule has 1 aromatic rings. The summed E-state index contributed by atoms with van der Waals surface area (Å²) in [6, 6.07) is 0. The summed E-state index contributed by atoms with van der Waals surface area (Å²) in [4.78, 5) is 11.4. The number of nitrogen functional groups attached to an aromatic ring is 1. The van der Waals surface area contributed by atoms with E-state index in [-0.39, 0.29) is 0 Å². The average molecular weight is 270 g/mol. The number of carbonyl (C=O) groups is 1. The monoisotopic (exact) mass is 270 g/mol. The number of ether oxygens (including phenoxy) is 2. The highest BCUT2D eigenvalue weighted by atomic mass is 16.6. The van der Waals surface area contributed by atoms with Crippen LogP contribution < -0.4 is 15.8 Å². The van der Waals surface area contributed by atoms with Gasteiger partial charge in [0.2, 0.25) is 0 Å². The second kappa shape index (κ2) is 6.31. The molecule has 0 saturated heterocycles. The number of carbonyl (C=O) groups excluding carboxylic acids is 1. The molecule has 0 unspecified atom stereocenters. The van der Waals surface area contributed by atoms with Gasteiger partial charge in [-0.3, -0.25) is 4.68 Å². The van der Waals surface area contributed by atoms with Crippen molar-refractivity contribution in [1.82, 2.24) is 15.1 Å². The summed E-state index contributed by atoms with van der Waals surface area (Å²) in [5, 5.41) is 6.81. The molecule has 0 aliphatic heterocycles. The van der Waals surface area contributed by atoms with Crippen LogP contribution in [0.4, 0.5) is 10.5 Å². The Morgan fingerprint density at radius 1 is 1.53 bits per heavy atom. The molecular weight excluding hydrogens is 248 g/mol. The third-order valence-corrected chi connectivity index (χ3v) is 2.18. The van der Waals surface area contributed by atoms with E-state index in [1.165, 1.54) is 7.11 Å². The molecule has 0 bridgehead atoms. The highest BCUT2D eigenvalue weighted by Crippen LogP contribution is 2.17. The molecule has 1 heterocycles. The number of amides is 1. The summed E-state index contributed by atoms with van der Waals surface area (Å²) >= 11 is 0. The predicted octanol–water partition coefficient (Wildman–Crippen LogP) is 1.39. The van der Waals surface area contributed by atoms with Crippen LogP contribution in [0.1, 0.15) is 27.2 Å². The molecule has 0 spiro atoms. The highest BCUT2D eigenvalue weighted by molar-refractivity contribution is 5.67. The Hall–Kier alpha value is -1.92. The number of nitrogens with two attached hydrogens (primary N) is 1. The van der Waals surface area contributed by atoms with Crippen molar-refractivity contribution in [3.05, 3.63) is 6.20 Å². The molecule has 1 rings (SSSR count). The van der Waals surface area contributed by atoms with E-state index in [1.54, 1.807) is 10.9 Å². The van der Waals surface area contributed by atoms with Gasteiger partial charge < -0.3 is 20.5 Å². The number of anilines is 1. The predicted molar refractivity (Wildman–Crippen MR) is 72.0 cm³/mol. The Bertz CT molecular complexity index is 423. The van der Waals surface area contributed by atoms with Crippen LogP contribution in [-0.4, -0.2) is 35.1 Å². The standard InChI is InChI=1S/C12H22N4O3/c1-12(2,3)19-11(17)14-6-5-7-16-8-9(13)10(15-16)18-4/h8H,5-7,13H2,1-4H3,(H,14,17). The molecule has 19 heavy (non-hydrogen) atoms. The van der Waals surface area contributed by atoms with E-state index in [2.05, 4.69) is 10.4 Å². The summed E-state index contributed by atoms with van der Waals surface area (Å²) in [5.74, 6) is 0.417. The van der Waals surface area contributed by atoms with E-state index >= 15 is 0 Å². The first-order valence-electron chi connectivity index (χ1n) is 6.15. The zero-order chi connectivity index (χ0) is 14.5. The zero-order valence-electron chi connectivity index (χ0n) is 11.9. The second-order valence-corrected chi connectivity index (χ2v) is 5.14. The first-order valence-corrected chi connectivity index (χ1v) is 6.15. The van der Waals surface area contributed by atoms with Crippen molar-refractivity contribution in [2.24, 2.45) is 0 Å². The van der Waals surface area contributed by atoms with Gasteiger partial charge in [0.05, 0.1) is 13.3 Å². The number of nitrogens with zero attached hydrogens (tertiary/aromatic N) is 2. The van der Waals surface area contributed by atoms with Crippen molar-refractivity contribution in [3.8, 4) is 5.88 Å². The molecule has 3 N–H and O–H groups in total. The van der Waals surface area contributed by atoms with E-state index in [0.717, 1.165) is 6.42 Å². The molecule has 0 aliphatic rings. The minimum Gasteiger partial charge on any atom is -0.478 e. The minimum atomic E-state index is -0.478. The Morgan fingerprint density at radius 3 is 2.74 bits per heavy atom. The van der Waals surface area contributed by atoms with Crippen LogP contribution >= 0.6 is 0 Å². The lowest BCUT2D eigenvalue weighted by molar-refractivity contribution is 0.0526. The first kappa shape index (κ1) is 15.1. The van der Waals surface area contributed by atoms with Gasteiger partial charge in [0, 0.05) is 13.1 Å². The minimum absolute atomic E-state index is 0.412. The summed E-state index contributed by atoms with van der Waals surface area (Å²) in [6.45, 7) is 6.63. The van der Waals surface area contributed by atoms with Gasteiger partial charge in [0.15, 0.2) is 0 Å². The number of methoxy groups -OCH3 is 1. The second-order valence-electron chi connectivity index (χ2n) is 5.14. The van der Waals surface area contributed by atoms with E-state index in [9.17, 15) is 4.79 Å². The number of alkyl carbamates (subject to hydrolysis) is 1. The lowest BCUT2D eigenvalue weighted by atomic mass is 10.2. The number of hydrogen-bond acceptors (Lipinski definition) is 5. The Kier molecular flexibility index (Phi) is 5.02. The van der Waals surface area contributed by atoms with Crippen LogP contribution in [0, 0.1) is 0 Å². The van der Waals surface area contributed by atoms with Gasteiger partial charge >= 0.3 is 6.09 Å². The molecule has 0 aromatic carbocycles. The van der Waals surface area contributed by atoms with Crippen LogP contribution in [0.2, 0.25) is 0 Å². The SMILES string of the molecule is COc1nn(CCCNC(=O)OC(C)(C)C)cc1N. The van der Waals surface area contributed by atoms with E-state index in [1.807, 2.05) is 20.8 Å². The van der Waals surface area contributed by atoms with Crippen molar-refractivity contribution in [2.45, 2.75) is 39.3 Å². The molecule has 1 amide bonds. The van der Waals surface area contributed by atoms with Gasteiger partial charge in [0.1, 0.15) is 11.3 Å². The third kappa shape index (κ3) is 5.50. The van der Waals surface area contributed by atoms with Crippen molar-refractivity contribution in [3.63, 3.8) is 0 Å². The lowest BCUT2D eigenvalue weighted by Crippen LogP contribution is -2.33. The van der Waals surface area contributed by atoms with Gasteiger partial charge in [-0.15, -0.1) is 5.10 Å². The summed E-state index contributed by atoms with van der Waals surface area (Å²) in [6.07, 6.45) is 2.01. The summed E-state index contributed by atoms with van der Waals surface area (Å²) in [7, 11) is 1.52. The Morgan fingerprint density at radius 2 is 2.21 bits per heavy atom. The smallest absolute Gasteiger partial charge is 0.407 e. The van der Waals surface area contributed by atoms with Crippen LogP contribution in [0.5, 0.6) is 5.88 Å². The molecule has 0 aliphatic carbocycles. The number of aromatic nitrogens is 2. The molecule has 0 atom stereocenters. The molecule has 108 valence electrons. The summed E-state index contributed by atoms with van der Waals surface area (Å²) < 4.78 is 11.8. The molecule has 0 radical (unpaired) electrons. The maximum Gasteiger partial charge on any atom is 0.407 e. The van der Waals surface area contributed by atoms with Crippen LogP contribution in [0.3, 0.4) is 0 Å². The van der Waals surface area contributed by atoms with Crippen LogP contribution in [-0.2, 0) is 11.3 Å². The van der Waals surface area contributed by atoms with E-state index in [4.69, 9.17) is 15.2 Å². The molecule has 0 fully saturated rings.